The molecule has 1 N–H and O–H groups in total. The molecule has 0 bridgehead atoms. The van der Waals surface area contributed by atoms with E-state index in [1.165, 1.54) is 51.1 Å². The lowest BCUT2D eigenvalue weighted by Gasteiger charge is -2.37. The number of rotatable bonds is 0. The molecule has 0 radical (unpaired) electrons. The quantitative estimate of drug-likeness (QED) is 0.638. The number of thioether (sulfide) groups is 1. The molecule has 1 spiro atoms. The second kappa shape index (κ2) is 4.20. The van der Waals surface area contributed by atoms with Crippen molar-refractivity contribution in [3.63, 3.8) is 0 Å². The fraction of sp³-hybridized carbons (Fsp3) is 1.00. The van der Waals surface area contributed by atoms with Crippen LogP contribution in [0.3, 0.4) is 0 Å². The van der Waals surface area contributed by atoms with Crippen molar-refractivity contribution in [1.29, 1.82) is 0 Å². The molecule has 0 aliphatic carbocycles. The van der Waals surface area contributed by atoms with Crippen LogP contribution in [0.15, 0.2) is 0 Å². The van der Waals surface area contributed by atoms with E-state index >= 15 is 0 Å². The van der Waals surface area contributed by atoms with Gasteiger partial charge in [-0.2, -0.15) is 0 Å². The van der Waals surface area contributed by atoms with Crippen molar-refractivity contribution in [2.45, 2.75) is 30.6 Å². The number of nitrogens with zero attached hydrogens (tertiary/aromatic N) is 1. The Kier molecular flexibility index (Phi) is 3.17. The summed E-state index contributed by atoms with van der Waals surface area (Å²) in [4.78, 5) is 2.91. The molecule has 0 aromatic rings. The van der Waals surface area contributed by atoms with Crippen LogP contribution in [0, 0.1) is 0 Å². The Morgan fingerprint density at radius 1 is 1.23 bits per heavy atom. The highest BCUT2D eigenvalue weighted by atomic mass is 32.2. The van der Waals surface area contributed by atoms with Gasteiger partial charge in [0.25, 0.3) is 0 Å². The monoisotopic (exact) mass is 200 g/mol. The predicted octanol–water partition coefficient (Wildman–Crippen LogP) is 1.52. The molecular weight excluding hydrogens is 180 g/mol. The number of nitrogens with one attached hydrogen (secondary N) is 1. The van der Waals surface area contributed by atoms with Crippen LogP contribution in [-0.4, -0.2) is 42.2 Å². The van der Waals surface area contributed by atoms with Gasteiger partial charge < -0.3 is 10.2 Å². The van der Waals surface area contributed by atoms with E-state index in [9.17, 15) is 0 Å². The molecule has 2 saturated heterocycles. The molecule has 2 rings (SSSR count). The van der Waals surface area contributed by atoms with E-state index in [0.717, 1.165) is 0 Å². The zero-order chi connectivity index (χ0) is 9.15. The van der Waals surface area contributed by atoms with Gasteiger partial charge in [0.2, 0.25) is 0 Å². The number of likely N-dealkylation sites (tertiary alicyclic amines) is 1. The summed E-state index contributed by atoms with van der Waals surface area (Å²) >= 11 is 2.16. The molecule has 0 aromatic heterocycles. The first kappa shape index (κ1) is 9.81. The predicted molar refractivity (Wildman–Crippen MR) is 59.2 cm³/mol. The van der Waals surface area contributed by atoms with Crippen LogP contribution < -0.4 is 5.32 Å². The Balaban J connectivity index is 1.95. The SMILES string of the molecule is CN1CCCC2(CC1)NCCCS2. The molecule has 2 nitrogen and oxygen atoms in total. The Morgan fingerprint density at radius 3 is 2.92 bits per heavy atom. The molecule has 0 saturated carbocycles. The van der Waals surface area contributed by atoms with Crippen molar-refractivity contribution in [3.05, 3.63) is 0 Å². The lowest BCUT2D eigenvalue weighted by molar-refractivity contribution is 0.337. The van der Waals surface area contributed by atoms with Crippen LogP contribution in [0.1, 0.15) is 25.7 Å². The van der Waals surface area contributed by atoms with E-state index in [1.54, 1.807) is 0 Å². The average Bonchev–Trinajstić information content (AvgIpc) is 2.32. The second-order valence-corrected chi connectivity index (χ2v) is 5.76. The van der Waals surface area contributed by atoms with Crippen LogP contribution in [0.2, 0.25) is 0 Å². The second-order valence-electron chi connectivity index (χ2n) is 4.28. The highest BCUT2D eigenvalue weighted by Gasteiger charge is 2.33. The largest absolute Gasteiger partial charge is 0.306 e. The Bertz CT molecular complexity index is 166. The van der Waals surface area contributed by atoms with Gasteiger partial charge in [-0.3, -0.25) is 0 Å². The van der Waals surface area contributed by atoms with Gasteiger partial charge >= 0.3 is 0 Å². The van der Waals surface area contributed by atoms with Gasteiger partial charge in [-0.1, -0.05) is 0 Å². The number of hydrogen-bond donors (Lipinski definition) is 1. The van der Waals surface area contributed by atoms with E-state index in [-0.39, 0.29) is 0 Å². The molecule has 13 heavy (non-hydrogen) atoms. The summed E-state index contributed by atoms with van der Waals surface area (Å²) < 4.78 is 0. The maximum Gasteiger partial charge on any atom is 0.0657 e. The first-order chi connectivity index (χ1) is 6.31. The third-order valence-electron chi connectivity index (χ3n) is 3.16. The molecule has 0 amide bonds. The summed E-state index contributed by atoms with van der Waals surface area (Å²) in [5.74, 6) is 1.36. The fourth-order valence-corrected chi connectivity index (χ4v) is 3.68. The molecule has 1 unspecified atom stereocenters. The highest BCUT2D eigenvalue weighted by Crippen LogP contribution is 2.35. The van der Waals surface area contributed by atoms with E-state index < -0.39 is 0 Å². The molecule has 2 aliphatic rings. The maximum absolute atomic E-state index is 3.73. The molecular formula is C10H20N2S. The van der Waals surface area contributed by atoms with Gasteiger partial charge in [-0.05, 0) is 51.6 Å². The molecule has 2 heterocycles. The third kappa shape index (κ3) is 2.39. The lowest BCUT2D eigenvalue weighted by atomic mass is 10.1. The van der Waals surface area contributed by atoms with Crippen molar-refractivity contribution < 1.29 is 0 Å². The lowest BCUT2D eigenvalue weighted by Crippen LogP contribution is -2.46. The Hall–Kier alpha value is 0.270. The minimum atomic E-state index is 0.447. The van der Waals surface area contributed by atoms with Crippen LogP contribution in [0.5, 0.6) is 0 Å². The van der Waals surface area contributed by atoms with E-state index in [1.807, 2.05) is 0 Å². The van der Waals surface area contributed by atoms with Gasteiger partial charge in [0.1, 0.15) is 0 Å². The van der Waals surface area contributed by atoms with Crippen LogP contribution in [-0.2, 0) is 0 Å². The average molecular weight is 200 g/mol. The molecule has 2 fully saturated rings. The minimum Gasteiger partial charge on any atom is -0.306 e. The normalized spacial score (nSPS) is 37.6. The summed E-state index contributed by atoms with van der Waals surface area (Å²) in [5, 5.41) is 3.73. The molecule has 2 aliphatic heterocycles. The Morgan fingerprint density at radius 2 is 2.15 bits per heavy atom. The standard InChI is InChI=1S/C10H20N2S/c1-12-7-2-4-10(5-8-12)11-6-3-9-13-10/h11H,2-9H2,1H3. The minimum absolute atomic E-state index is 0.447. The maximum atomic E-state index is 3.73. The summed E-state index contributed by atoms with van der Waals surface area (Å²) in [6.07, 6.45) is 5.40. The van der Waals surface area contributed by atoms with E-state index in [0.29, 0.717) is 4.87 Å². The van der Waals surface area contributed by atoms with Crippen molar-refractivity contribution in [2.75, 3.05) is 32.4 Å². The first-order valence-corrected chi connectivity index (χ1v) is 6.37. The van der Waals surface area contributed by atoms with Crippen LogP contribution >= 0.6 is 11.8 Å². The topological polar surface area (TPSA) is 15.3 Å². The highest BCUT2D eigenvalue weighted by molar-refractivity contribution is 8.00. The molecule has 3 heteroatoms. The fourth-order valence-electron chi connectivity index (χ4n) is 2.27. The summed E-state index contributed by atoms with van der Waals surface area (Å²) in [5.41, 5.74) is 0. The Labute approximate surface area is 85.4 Å². The van der Waals surface area contributed by atoms with Gasteiger partial charge in [0, 0.05) is 6.54 Å². The first-order valence-electron chi connectivity index (χ1n) is 5.38. The molecule has 1 atom stereocenters. The van der Waals surface area contributed by atoms with Crippen molar-refractivity contribution in [2.24, 2.45) is 0 Å². The van der Waals surface area contributed by atoms with Crippen LogP contribution in [0.4, 0.5) is 0 Å². The van der Waals surface area contributed by atoms with Gasteiger partial charge in [-0.15, -0.1) is 11.8 Å². The molecule has 76 valence electrons. The van der Waals surface area contributed by atoms with E-state index in [4.69, 9.17) is 0 Å². The zero-order valence-electron chi connectivity index (χ0n) is 8.51. The number of hydrogen-bond acceptors (Lipinski definition) is 3. The van der Waals surface area contributed by atoms with Crippen molar-refractivity contribution in [3.8, 4) is 0 Å². The third-order valence-corrected chi connectivity index (χ3v) is 4.76. The summed E-state index contributed by atoms with van der Waals surface area (Å²) in [6, 6.07) is 0. The van der Waals surface area contributed by atoms with Gasteiger partial charge in [-0.25, -0.2) is 0 Å². The van der Waals surface area contributed by atoms with Gasteiger partial charge in [0.15, 0.2) is 0 Å². The van der Waals surface area contributed by atoms with E-state index in [2.05, 4.69) is 29.0 Å². The van der Waals surface area contributed by atoms with Crippen LogP contribution in [0.25, 0.3) is 0 Å². The summed E-state index contributed by atoms with van der Waals surface area (Å²) in [7, 11) is 2.24. The summed E-state index contributed by atoms with van der Waals surface area (Å²) in [6.45, 7) is 3.78. The van der Waals surface area contributed by atoms with Gasteiger partial charge in [0.05, 0.1) is 4.87 Å². The zero-order valence-corrected chi connectivity index (χ0v) is 9.33. The van der Waals surface area contributed by atoms with Crippen molar-refractivity contribution >= 4 is 11.8 Å². The molecule has 0 aromatic carbocycles. The van der Waals surface area contributed by atoms with Crippen molar-refractivity contribution in [1.82, 2.24) is 10.2 Å². The smallest absolute Gasteiger partial charge is 0.0657 e.